The quantitative estimate of drug-likeness (QED) is 0.885. The Morgan fingerprint density at radius 2 is 2.10 bits per heavy atom. The summed E-state index contributed by atoms with van der Waals surface area (Å²) in [6.45, 7) is 4.19. The second-order valence-corrected chi connectivity index (χ2v) is 6.42. The van der Waals surface area contributed by atoms with Gasteiger partial charge in [-0.3, -0.25) is 9.40 Å². The van der Waals surface area contributed by atoms with E-state index < -0.39 is 15.8 Å². The first-order valence-electron chi connectivity index (χ1n) is 6.45. The van der Waals surface area contributed by atoms with Crippen LogP contribution in [0.25, 0.3) is 0 Å². The van der Waals surface area contributed by atoms with E-state index in [1.807, 2.05) is 6.92 Å². The smallest absolute Gasteiger partial charge is 0.267 e. The molecule has 0 saturated heterocycles. The third-order valence-electron chi connectivity index (χ3n) is 2.79. The summed E-state index contributed by atoms with van der Waals surface area (Å²) in [5.74, 6) is -0.591. The average Bonchev–Trinajstić information content (AvgIpc) is 2.69. The van der Waals surface area contributed by atoms with Crippen LogP contribution in [0.3, 0.4) is 0 Å². The number of sulfonamides is 1. The lowest BCUT2D eigenvalue weighted by Crippen LogP contribution is -2.14. The predicted molar refractivity (Wildman–Crippen MR) is 78.9 cm³/mol. The van der Waals surface area contributed by atoms with Crippen molar-refractivity contribution in [1.82, 2.24) is 9.78 Å². The summed E-state index contributed by atoms with van der Waals surface area (Å²) in [6, 6.07) is 3.95. The lowest BCUT2D eigenvalue weighted by Gasteiger charge is -2.07. The Hall–Kier alpha value is -2.09. The largest absolute Gasteiger partial charge is 0.381 e. The van der Waals surface area contributed by atoms with E-state index in [1.165, 1.54) is 23.0 Å². The van der Waals surface area contributed by atoms with E-state index in [1.54, 1.807) is 6.92 Å². The summed E-state index contributed by atoms with van der Waals surface area (Å²) in [4.78, 5) is -0.113. The van der Waals surface area contributed by atoms with Crippen LogP contribution in [0.1, 0.15) is 18.9 Å². The normalized spacial score (nSPS) is 11.6. The summed E-state index contributed by atoms with van der Waals surface area (Å²) >= 11 is 0. The van der Waals surface area contributed by atoms with E-state index in [9.17, 15) is 12.8 Å². The van der Waals surface area contributed by atoms with Gasteiger partial charge in [0.1, 0.15) is 10.7 Å². The Morgan fingerprint density at radius 3 is 2.71 bits per heavy atom. The Kier molecular flexibility index (Phi) is 4.17. The number of benzene rings is 1. The van der Waals surface area contributed by atoms with Crippen molar-refractivity contribution in [2.75, 3.05) is 10.5 Å². The highest BCUT2D eigenvalue weighted by Gasteiger charge is 2.21. The highest BCUT2D eigenvalue weighted by atomic mass is 32.2. The van der Waals surface area contributed by atoms with Gasteiger partial charge in [0.05, 0.1) is 5.69 Å². The maximum Gasteiger partial charge on any atom is 0.267 e. The Balaban J connectivity index is 2.33. The molecule has 6 nitrogen and oxygen atoms in total. The fourth-order valence-electron chi connectivity index (χ4n) is 1.97. The van der Waals surface area contributed by atoms with Crippen LogP contribution in [0, 0.1) is 12.7 Å². The average molecular weight is 312 g/mol. The monoisotopic (exact) mass is 312 g/mol. The van der Waals surface area contributed by atoms with Crippen LogP contribution in [0.15, 0.2) is 29.3 Å². The van der Waals surface area contributed by atoms with Gasteiger partial charge in [-0.2, -0.15) is 5.10 Å². The first kappa shape index (κ1) is 15.3. The molecular formula is C13H17FN4O2S. The van der Waals surface area contributed by atoms with Gasteiger partial charge in [-0.25, -0.2) is 12.8 Å². The van der Waals surface area contributed by atoms with Crippen LogP contribution in [0.4, 0.5) is 15.9 Å². The minimum atomic E-state index is -3.90. The topological polar surface area (TPSA) is 90.0 Å². The molecule has 8 heteroatoms. The van der Waals surface area contributed by atoms with Crippen LogP contribution in [-0.4, -0.2) is 18.2 Å². The summed E-state index contributed by atoms with van der Waals surface area (Å²) in [7, 11) is -3.90. The molecule has 2 aromatic rings. The predicted octanol–water partition coefficient (Wildman–Crippen LogP) is 2.12. The first-order valence-corrected chi connectivity index (χ1v) is 7.93. The molecule has 2 rings (SSSR count). The van der Waals surface area contributed by atoms with E-state index in [4.69, 9.17) is 5.73 Å². The molecule has 0 spiro atoms. The third-order valence-corrected chi connectivity index (χ3v) is 4.19. The van der Waals surface area contributed by atoms with Crippen molar-refractivity contribution in [3.63, 3.8) is 0 Å². The lowest BCUT2D eigenvalue weighted by atomic mass is 10.2. The number of anilines is 2. The Bertz CT molecular complexity index is 735. The minimum absolute atomic E-state index is 0.0796. The first-order chi connectivity index (χ1) is 9.81. The molecule has 0 aliphatic heterocycles. The summed E-state index contributed by atoms with van der Waals surface area (Å²) in [6.07, 6.45) is 2.17. The molecule has 0 unspecified atom stereocenters. The molecule has 0 radical (unpaired) electrons. The fourth-order valence-corrected chi connectivity index (χ4v) is 3.09. The SMILES string of the molecule is CCCn1cc(S(=O)(=O)Nc2cc(C)cc(F)c2)c(N)n1. The summed E-state index contributed by atoms with van der Waals surface area (Å²) in [5, 5.41) is 3.94. The van der Waals surface area contributed by atoms with Gasteiger partial charge in [-0.15, -0.1) is 0 Å². The molecule has 0 fully saturated rings. The van der Waals surface area contributed by atoms with Crippen LogP contribution in [0.5, 0.6) is 0 Å². The van der Waals surface area contributed by atoms with E-state index >= 15 is 0 Å². The van der Waals surface area contributed by atoms with Gasteiger partial charge in [0.25, 0.3) is 10.0 Å². The van der Waals surface area contributed by atoms with E-state index in [2.05, 4.69) is 9.82 Å². The molecule has 1 aromatic carbocycles. The van der Waals surface area contributed by atoms with Crippen molar-refractivity contribution in [2.24, 2.45) is 0 Å². The molecule has 0 aliphatic rings. The highest BCUT2D eigenvalue weighted by molar-refractivity contribution is 7.92. The molecule has 1 aromatic heterocycles. The molecule has 114 valence electrons. The standard InChI is InChI=1S/C13H17FN4O2S/c1-3-4-18-8-12(13(15)16-18)21(19,20)17-11-6-9(2)5-10(14)7-11/h5-8,17H,3-4H2,1-2H3,(H2,15,16). The zero-order valence-corrected chi connectivity index (χ0v) is 12.6. The maximum absolute atomic E-state index is 13.3. The number of rotatable bonds is 5. The van der Waals surface area contributed by atoms with Gasteiger partial charge in [0.15, 0.2) is 5.82 Å². The molecule has 0 atom stereocenters. The molecule has 0 bridgehead atoms. The number of hydrogen-bond acceptors (Lipinski definition) is 4. The molecule has 3 N–H and O–H groups in total. The number of nitrogens with zero attached hydrogens (tertiary/aromatic N) is 2. The van der Waals surface area contributed by atoms with Gasteiger partial charge < -0.3 is 5.73 Å². The van der Waals surface area contributed by atoms with Crippen molar-refractivity contribution in [1.29, 1.82) is 0 Å². The van der Waals surface area contributed by atoms with Gasteiger partial charge in [0.2, 0.25) is 0 Å². The van der Waals surface area contributed by atoms with Gasteiger partial charge in [0, 0.05) is 12.7 Å². The number of aromatic nitrogens is 2. The van der Waals surface area contributed by atoms with E-state index in [-0.39, 0.29) is 16.4 Å². The van der Waals surface area contributed by atoms with Crippen molar-refractivity contribution in [3.8, 4) is 0 Å². The number of aryl methyl sites for hydroxylation is 2. The van der Waals surface area contributed by atoms with Crippen LogP contribution in [-0.2, 0) is 16.6 Å². The summed E-state index contributed by atoms with van der Waals surface area (Å²) < 4.78 is 41.7. The second-order valence-electron chi connectivity index (χ2n) is 4.76. The number of nitrogens with one attached hydrogen (secondary N) is 1. The molecular weight excluding hydrogens is 295 g/mol. The zero-order chi connectivity index (χ0) is 15.6. The minimum Gasteiger partial charge on any atom is -0.381 e. The second kappa shape index (κ2) is 5.72. The molecule has 0 amide bonds. The van der Waals surface area contributed by atoms with Gasteiger partial charge >= 0.3 is 0 Å². The van der Waals surface area contributed by atoms with E-state index in [0.717, 1.165) is 12.5 Å². The number of nitrogen functional groups attached to an aromatic ring is 1. The number of nitrogens with two attached hydrogens (primary N) is 1. The molecule has 21 heavy (non-hydrogen) atoms. The van der Waals surface area contributed by atoms with Crippen molar-refractivity contribution >= 4 is 21.5 Å². The molecule has 0 aliphatic carbocycles. The van der Waals surface area contributed by atoms with Crippen molar-refractivity contribution in [2.45, 2.75) is 31.7 Å². The fraction of sp³-hybridized carbons (Fsp3) is 0.308. The number of halogens is 1. The molecule has 1 heterocycles. The Labute approximate surface area is 122 Å². The number of hydrogen-bond donors (Lipinski definition) is 2. The Morgan fingerprint density at radius 1 is 1.38 bits per heavy atom. The van der Waals surface area contributed by atoms with E-state index in [0.29, 0.717) is 12.1 Å². The van der Waals surface area contributed by atoms with Crippen LogP contribution >= 0.6 is 0 Å². The maximum atomic E-state index is 13.3. The van der Waals surface area contributed by atoms with Gasteiger partial charge in [-0.05, 0) is 37.1 Å². The highest BCUT2D eigenvalue weighted by Crippen LogP contribution is 2.22. The van der Waals surface area contributed by atoms with Gasteiger partial charge in [-0.1, -0.05) is 6.92 Å². The molecule has 0 saturated carbocycles. The van der Waals surface area contributed by atoms with Crippen LogP contribution < -0.4 is 10.5 Å². The summed E-state index contributed by atoms with van der Waals surface area (Å²) in [5.41, 5.74) is 6.41. The van der Waals surface area contributed by atoms with Crippen molar-refractivity contribution in [3.05, 3.63) is 35.8 Å². The third kappa shape index (κ3) is 3.52. The zero-order valence-electron chi connectivity index (χ0n) is 11.8. The van der Waals surface area contributed by atoms with Crippen molar-refractivity contribution < 1.29 is 12.8 Å². The lowest BCUT2D eigenvalue weighted by molar-refractivity contribution is 0.595. The van der Waals surface area contributed by atoms with Crippen LogP contribution in [0.2, 0.25) is 0 Å².